The topological polar surface area (TPSA) is 42.5 Å². The smallest absolute Gasteiger partial charge is 0.151 e. The highest BCUT2D eigenvalue weighted by molar-refractivity contribution is 5.94. The van der Waals surface area contributed by atoms with Gasteiger partial charge in [0.05, 0.1) is 22.7 Å². The van der Waals surface area contributed by atoms with Crippen LogP contribution in [0.3, 0.4) is 0 Å². The highest BCUT2D eigenvalue weighted by atomic mass is 16.5. The Labute approximate surface area is 185 Å². The summed E-state index contributed by atoms with van der Waals surface area (Å²) in [6.45, 7) is 0. The SMILES string of the molecule is c1ccc2c(c1)Nc1cc(-c3ccc4cc5c(cc4c3)Nc3ccccc3O5)ccc1O2. The first-order valence-corrected chi connectivity index (χ1v) is 10.6. The monoisotopic (exact) mass is 414 g/mol. The van der Waals surface area contributed by atoms with Crippen LogP contribution in [0.25, 0.3) is 21.9 Å². The van der Waals surface area contributed by atoms with Gasteiger partial charge in [-0.1, -0.05) is 42.5 Å². The number of fused-ring (bicyclic) bond motifs is 5. The summed E-state index contributed by atoms with van der Waals surface area (Å²) >= 11 is 0. The van der Waals surface area contributed by atoms with Crippen molar-refractivity contribution >= 4 is 33.5 Å². The molecule has 32 heavy (non-hydrogen) atoms. The van der Waals surface area contributed by atoms with Gasteiger partial charge >= 0.3 is 0 Å². The van der Waals surface area contributed by atoms with Crippen LogP contribution in [-0.2, 0) is 0 Å². The third kappa shape index (κ3) is 2.70. The molecule has 0 aromatic heterocycles. The molecule has 0 spiro atoms. The van der Waals surface area contributed by atoms with Crippen LogP contribution in [0.4, 0.5) is 22.7 Å². The van der Waals surface area contributed by atoms with Crippen molar-refractivity contribution in [3.8, 4) is 34.1 Å². The molecule has 0 unspecified atom stereocenters. The van der Waals surface area contributed by atoms with Crippen LogP contribution in [0.2, 0.25) is 0 Å². The number of hydrogen-bond acceptors (Lipinski definition) is 4. The highest BCUT2D eigenvalue weighted by Gasteiger charge is 2.18. The zero-order valence-corrected chi connectivity index (χ0v) is 17.1. The molecule has 0 atom stereocenters. The van der Waals surface area contributed by atoms with Crippen LogP contribution in [0, 0.1) is 0 Å². The van der Waals surface area contributed by atoms with Crippen LogP contribution in [0.15, 0.2) is 97.1 Å². The molecule has 5 aromatic carbocycles. The Morgan fingerprint density at radius 2 is 1.00 bits per heavy atom. The molecule has 0 bridgehead atoms. The van der Waals surface area contributed by atoms with Crippen molar-refractivity contribution < 1.29 is 9.47 Å². The Kier molecular flexibility index (Phi) is 3.52. The summed E-state index contributed by atoms with van der Waals surface area (Å²) in [7, 11) is 0. The molecule has 152 valence electrons. The molecule has 2 N–H and O–H groups in total. The zero-order chi connectivity index (χ0) is 21.1. The average Bonchev–Trinajstić information content (AvgIpc) is 2.84. The van der Waals surface area contributed by atoms with Crippen molar-refractivity contribution in [1.82, 2.24) is 0 Å². The highest BCUT2D eigenvalue weighted by Crippen LogP contribution is 2.45. The van der Waals surface area contributed by atoms with Crippen molar-refractivity contribution in [3.05, 3.63) is 97.1 Å². The van der Waals surface area contributed by atoms with Crippen molar-refractivity contribution in [2.45, 2.75) is 0 Å². The summed E-state index contributed by atoms with van der Waals surface area (Å²) in [5.74, 6) is 3.38. The van der Waals surface area contributed by atoms with Gasteiger partial charge < -0.3 is 20.1 Å². The number of rotatable bonds is 1. The normalized spacial score (nSPS) is 12.8. The Bertz CT molecular complexity index is 1540. The maximum Gasteiger partial charge on any atom is 0.151 e. The maximum absolute atomic E-state index is 6.11. The molecule has 4 nitrogen and oxygen atoms in total. The zero-order valence-electron chi connectivity index (χ0n) is 17.1. The Morgan fingerprint density at radius 3 is 1.78 bits per heavy atom. The molecular formula is C28H18N2O2. The third-order valence-electron chi connectivity index (χ3n) is 6.00. The second-order valence-corrected chi connectivity index (χ2v) is 8.07. The fraction of sp³-hybridized carbons (Fsp3) is 0. The minimum Gasteiger partial charge on any atom is -0.453 e. The quantitative estimate of drug-likeness (QED) is 0.284. The van der Waals surface area contributed by atoms with E-state index >= 15 is 0 Å². The lowest BCUT2D eigenvalue weighted by Gasteiger charge is -2.23. The number of para-hydroxylation sites is 4. The molecule has 0 aliphatic carbocycles. The van der Waals surface area contributed by atoms with Crippen molar-refractivity contribution in [1.29, 1.82) is 0 Å². The van der Waals surface area contributed by atoms with Gasteiger partial charge in [-0.15, -0.1) is 0 Å². The number of nitrogens with one attached hydrogen (secondary N) is 2. The van der Waals surface area contributed by atoms with Crippen molar-refractivity contribution in [2.75, 3.05) is 10.6 Å². The Morgan fingerprint density at radius 1 is 0.406 bits per heavy atom. The molecule has 2 aliphatic rings. The average molecular weight is 414 g/mol. The van der Waals surface area contributed by atoms with Gasteiger partial charge in [-0.2, -0.15) is 0 Å². The van der Waals surface area contributed by atoms with Crippen LogP contribution in [0.1, 0.15) is 0 Å². The third-order valence-corrected chi connectivity index (χ3v) is 6.00. The predicted octanol–water partition coefficient (Wildman–Crippen LogP) is 8.21. The van der Waals surface area contributed by atoms with E-state index in [9.17, 15) is 0 Å². The molecule has 2 aliphatic heterocycles. The van der Waals surface area contributed by atoms with Crippen molar-refractivity contribution in [3.63, 3.8) is 0 Å². The molecule has 7 rings (SSSR count). The van der Waals surface area contributed by atoms with Gasteiger partial charge in [0.2, 0.25) is 0 Å². The summed E-state index contributed by atoms with van der Waals surface area (Å²) in [4.78, 5) is 0. The van der Waals surface area contributed by atoms with Gasteiger partial charge in [0.25, 0.3) is 0 Å². The van der Waals surface area contributed by atoms with Crippen LogP contribution in [0.5, 0.6) is 23.0 Å². The second kappa shape index (κ2) is 6.53. The Balaban J connectivity index is 1.27. The molecule has 0 fully saturated rings. The molecule has 4 heteroatoms. The van der Waals surface area contributed by atoms with Crippen LogP contribution >= 0.6 is 0 Å². The molecule has 0 amide bonds. The van der Waals surface area contributed by atoms with Gasteiger partial charge in [0, 0.05) is 0 Å². The lowest BCUT2D eigenvalue weighted by atomic mass is 9.99. The lowest BCUT2D eigenvalue weighted by molar-refractivity contribution is 0.481. The van der Waals surface area contributed by atoms with Gasteiger partial charge in [0.1, 0.15) is 0 Å². The predicted molar refractivity (Wildman–Crippen MR) is 129 cm³/mol. The number of anilines is 4. The van der Waals surface area contributed by atoms with E-state index < -0.39 is 0 Å². The maximum atomic E-state index is 6.11. The van der Waals surface area contributed by atoms with E-state index in [0.717, 1.165) is 67.6 Å². The standard InChI is InChI=1S/C28H18N2O2/c1-3-7-25-21(5-1)29-23-14-18(11-12-27(23)31-25)17-9-10-19-16-28-24(15-20(19)13-17)30-22-6-2-4-8-26(22)32-28/h1-16,29-30H. The van der Waals surface area contributed by atoms with Crippen molar-refractivity contribution in [2.24, 2.45) is 0 Å². The van der Waals surface area contributed by atoms with E-state index in [1.165, 1.54) is 0 Å². The Hall–Kier alpha value is -4.44. The summed E-state index contributed by atoms with van der Waals surface area (Å²) in [5.41, 5.74) is 6.19. The molecule has 0 radical (unpaired) electrons. The van der Waals surface area contributed by atoms with E-state index in [0.29, 0.717) is 0 Å². The van der Waals surface area contributed by atoms with Crippen LogP contribution in [-0.4, -0.2) is 0 Å². The first-order valence-electron chi connectivity index (χ1n) is 10.6. The molecule has 0 saturated carbocycles. The fourth-order valence-electron chi connectivity index (χ4n) is 4.38. The van der Waals surface area contributed by atoms with Gasteiger partial charge in [-0.3, -0.25) is 0 Å². The molecule has 5 aromatic rings. The number of hydrogen-bond donors (Lipinski definition) is 2. The van der Waals surface area contributed by atoms with E-state index in [4.69, 9.17) is 9.47 Å². The lowest BCUT2D eigenvalue weighted by Crippen LogP contribution is -2.02. The number of benzene rings is 5. The van der Waals surface area contributed by atoms with E-state index in [1.807, 2.05) is 54.6 Å². The first-order chi connectivity index (χ1) is 15.8. The summed E-state index contributed by atoms with van der Waals surface area (Å²) < 4.78 is 12.2. The molecule has 2 heterocycles. The van der Waals surface area contributed by atoms with Gasteiger partial charge in [-0.25, -0.2) is 0 Å². The fourth-order valence-corrected chi connectivity index (χ4v) is 4.38. The largest absolute Gasteiger partial charge is 0.453 e. The minimum absolute atomic E-state index is 0.835. The summed E-state index contributed by atoms with van der Waals surface area (Å²) in [5, 5.41) is 9.27. The summed E-state index contributed by atoms with van der Waals surface area (Å²) in [6.07, 6.45) is 0. The van der Waals surface area contributed by atoms with E-state index in [1.54, 1.807) is 0 Å². The minimum atomic E-state index is 0.835. The number of ether oxygens (including phenoxy) is 2. The van der Waals surface area contributed by atoms with Crippen LogP contribution < -0.4 is 20.1 Å². The molecule has 0 saturated heterocycles. The van der Waals surface area contributed by atoms with Gasteiger partial charge in [-0.05, 0) is 76.5 Å². The van der Waals surface area contributed by atoms with E-state index in [-0.39, 0.29) is 0 Å². The second-order valence-electron chi connectivity index (χ2n) is 8.07. The summed E-state index contributed by atoms with van der Waals surface area (Å²) in [6, 6.07) is 33.0. The van der Waals surface area contributed by atoms with E-state index in [2.05, 4.69) is 53.1 Å². The molecular weight excluding hydrogens is 396 g/mol. The van der Waals surface area contributed by atoms with Gasteiger partial charge in [0.15, 0.2) is 23.0 Å². The first kappa shape index (κ1) is 17.3.